The summed E-state index contributed by atoms with van der Waals surface area (Å²) in [7, 11) is 8.44. The van der Waals surface area contributed by atoms with Crippen molar-refractivity contribution in [2.24, 2.45) is 11.5 Å². The molecule has 19 N–H and O–H groups in total. The first-order valence-electron chi connectivity index (χ1n) is 40.1. The fraction of sp³-hybridized carbons (Fsp3) is 0.687. The third-order valence-electron chi connectivity index (χ3n) is 21.0. The molecule has 13 heterocycles. The van der Waals surface area contributed by atoms with Crippen LogP contribution in [-0.4, -0.2) is 338 Å². The van der Waals surface area contributed by atoms with Gasteiger partial charge in [-0.3, -0.25) is 71.5 Å². The van der Waals surface area contributed by atoms with Crippen molar-refractivity contribution in [3.63, 3.8) is 0 Å². The minimum Gasteiger partial charge on any atom is -0.383 e. The first-order chi connectivity index (χ1) is 62.8. The zero-order valence-electron chi connectivity index (χ0n) is 71.9. The maximum absolute atomic E-state index is 14.0. The van der Waals surface area contributed by atoms with Crippen LogP contribution in [0.1, 0.15) is 54.1 Å². The SMILES string of the molecule is COCCO[C@H]1C(OP(O)(=S)OC[C@H]2O[C@@H](n3cnc4c(N)ncnc43)[C@@H](OCCOC)C2OP(O)(=S)OC[C@H]2O[C@@H](n3cc(C)c(N)nc3=O)[C@@H](OCCOC)C2OP(O)(=S)OC[C@H]2O[C@@H](n3cc(C)c(=O)[nH]c3=O)[C@@H](OCCOC)C2OP(C)(O)=S)[C@@H](COP(O)(=S)OC2[C@@H](COC)O[C@@H](n3cnc4c(=O)[nH]c(N)nc43)[C@H]2OCCOC)O[C@H]1n1cnc2c1NC(N)NC2N. The predicted molar refractivity (Wildman–Crippen MR) is 476 cm³/mol. The lowest BCUT2D eigenvalue weighted by Gasteiger charge is -2.31. The molecule has 132 heavy (non-hydrogen) atoms. The van der Waals surface area contributed by atoms with E-state index in [1.165, 1.54) is 101 Å². The average molecular weight is 2060 g/mol. The zero-order chi connectivity index (χ0) is 95.1. The van der Waals surface area contributed by atoms with E-state index in [9.17, 15) is 43.6 Å². The molecule has 0 saturated carbocycles. The summed E-state index contributed by atoms with van der Waals surface area (Å²) in [5, 5.41) is 6.03. The largest absolute Gasteiger partial charge is 0.383 e. The lowest BCUT2D eigenvalue weighted by Crippen LogP contribution is -2.52. The van der Waals surface area contributed by atoms with E-state index in [-0.39, 0.29) is 135 Å². The standard InChI is InChI=1S/C67H104N21O34P5S5/c1-31-20-84(66(91)79-51(31)68)60-47(105-16-11-99-4)43(120-125(95,130)109-23-34-41(118-123(9,93)128)46(104-15-10-98-3)59(114-34)85-21-32(2)57(89)83-67(85)92)35(115-60)24-110-126(96,131)121-44-36(116-61(49(44)107-18-13-101-6)86-28-75-38-52(69)73-27-74-54(38)86)25-112-127(97,132)122-45-37(117-62(50(45)108-19-14-102-7)87-29-76-39-53(70)78-64(71)80-55(39)87)26-111-124(94,129)119-42-33(22-103-8)113-63(48(42)106-17-12-100-5)88-30-77-40-56(88)81-65(72)82-58(40)90/h20-21,27-30,33-37,41-50,53,59-64,78,80H,10-19,22-26,70-71H2,1-9H3,(H,93,128)(H,94,129)(H,95,130)(H,96,131)(H,97,132)(H2,68,79,91)(H2,69,73,74)(H,83,89,92)(H3,72,81,82,90)/t33-,34-,35-,36-,37-,41?,42?,43?,44?,45?,46+,47+,48+,49+,50+,53?,59-,60-,61-,62-,63-,64?,123?,124?,125?,126?,127?/m1/s1. The van der Waals surface area contributed by atoms with Gasteiger partial charge in [0.15, 0.2) is 60.3 Å². The molecule has 0 amide bonds. The summed E-state index contributed by atoms with van der Waals surface area (Å²) in [6.45, 7) is -23.2. The monoisotopic (exact) mass is 2060 g/mol. The minimum absolute atomic E-state index is 0.00309. The third-order valence-corrected chi connectivity index (χ3v) is 28.1. The number of aromatic nitrogens is 14. The van der Waals surface area contributed by atoms with Crippen LogP contribution in [0, 0.1) is 13.8 Å². The van der Waals surface area contributed by atoms with Crippen LogP contribution < -0.4 is 61.8 Å². The number of fused-ring (bicyclic) bond motifs is 3. The highest BCUT2D eigenvalue weighted by Gasteiger charge is 2.58. The smallest absolute Gasteiger partial charge is 0.351 e. The Balaban J connectivity index is 0.809. The van der Waals surface area contributed by atoms with Gasteiger partial charge in [0.1, 0.15) is 133 Å². The summed E-state index contributed by atoms with van der Waals surface area (Å²) in [5.74, 6) is -0.182. The van der Waals surface area contributed by atoms with Crippen molar-refractivity contribution in [2.45, 2.75) is 149 Å². The van der Waals surface area contributed by atoms with Crippen molar-refractivity contribution in [2.75, 3.05) is 171 Å². The van der Waals surface area contributed by atoms with Crippen LogP contribution in [0.25, 0.3) is 22.3 Å². The zero-order valence-corrected chi connectivity index (χ0v) is 80.4. The number of imidazole rings is 3. The number of aryl methyl sites for hydroxylation is 2. The highest BCUT2D eigenvalue weighted by molar-refractivity contribution is 8.09. The molecule has 736 valence electrons. The van der Waals surface area contributed by atoms with E-state index >= 15 is 0 Å². The normalized spacial score (nSPS) is 30.2. The second-order valence-corrected chi connectivity index (χ2v) is 45.1. The molecule has 7 aromatic rings. The van der Waals surface area contributed by atoms with Gasteiger partial charge in [-0.15, -0.1) is 0 Å². The van der Waals surface area contributed by atoms with Gasteiger partial charge in [0.2, 0.25) is 5.95 Å². The maximum Gasteiger partial charge on any atom is 0.351 e. The number of nitrogens with one attached hydrogen (secondary N) is 4. The van der Waals surface area contributed by atoms with Gasteiger partial charge in [0.25, 0.3) is 11.1 Å². The number of nitrogen functional groups attached to an aromatic ring is 3. The molecule has 0 aromatic carbocycles. The number of ether oxygens (including phenoxy) is 16. The van der Waals surface area contributed by atoms with Gasteiger partial charge < -0.3 is 151 Å². The summed E-state index contributed by atoms with van der Waals surface area (Å²) in [5.41, 5.74) is 28.9. The summed E-state index contributed by atoms with van der Waals surface area (Å²) in [6, 6.07) is 0. The number of aromatic amines is 2. The van der Waals surface area contributed by atoms with Crippen molar-refractivity contribution >= 4 is 138 Å². The molecular formula is C67H104N21O34P5S5. The Labute approximate surface area is 775 Å². The number of anilines is 4. The molecule has 6 aliphatic rings. The number of nitrogens with two attached hydrogens (primary N) is 5. The first kappa shape index (κ1) is 104. The van der Waals surface area contributed by atoms with Gasteiger partial charge in [0, 0.05) is 72.8 Å². The average Bonchev–Trinajstić information content (AvgIpc) is 1.40. The Morgan fingerprint density at radius 1 is 0.424 bits per heavy atom. The molecule has 7 aromatic heterocycles. The fourth-order valence-corrected chi connectivity index (χ4v) is 21.9. The van der Waals surface area contributed by atoms with Crippen LogP contribution in [0.3, 0.4) is 0 Å². The number of H-pyrrole nitrogens is 2. The van der Waals surface area contributed by atoms with Crippen LogP contribution in [0.15, 0.2) is 56.9 Å². The minimum atomic E-state index is -4.95. The second kappa shape index (κ2) is 45.4. The van der Waals surface area contributed by atoms with Gasteiger partial charge in [-0.25, -0.2) is 34.5 Å². The van der Waals surface area contributed by atoms with Crippen LogP contribution >= 0.6 is 33.4 Å². The van der Waals surface area contributed by atoms with Crippen molar-refractivity contribution in [3.8, 4) is 0 Å². The summed E-state index contributed by atoms with van der Waals surface area (Å²) < 4.78 is 161. The van der Waals surface area contributed by atoms with Crippen molar-refractivity contribution in [1.29, 1.82) is 0 Å². The molecule has 65 heteroatoms. The van der Waals surface area contributed by atoms with Crippen molar-refractivity contribution < 1.29 is 141 Å². The van der Waals surface area contributed by atoms with E-state index in [0.717, 1.165) is 15.5 Å². The molecule has 12 unspecified atom stereocenters. The Morgan fingerprint density at radius 2 is 0.811 bits per heavy atom. The van der Waals surface area contributed by atoms with Crippen molar-refractivity contribution in [3.05, 3.63) is 96.2 Å². The third kappa shape index (κ3) is 25.0. The Morgan fingerprint density at radius 3 is 1.24 bits per heavy atom. The van der Waals surface area contributed by atoms with E-state index in [0.29, 0.717) is 0 Å². The number of nitrogens with zero attached hydrogens (tertiary/aromatic N) is 12. The van der Waals surface area contributed by atoms with Gasteiger partial charge in [-0.05, 0) is 72.9 Å². The van der Waals surface area contributed by atoms with E-state index in [1.807, 2.05) is 0 Å². The van der Waals surface area contributed by atoms with E-state index in [1.54, 1.807) is 6.92 Å². The molecule has 0 bridgehead atoms. The molecule has 0 spiro atoms. The molecule has 5 fully saturated rings. The van der Waals surface area contributed by atoms with Gasteiger partial charge in [-0.2, -0.15) is 9.97 Å². The molecular weight excluding hydrogens is 1960 g/mol. The van der Waals surface area contributed by atoms with E-state index in [4.69, 9.17) is 204 Å². The van der Waals surface area contributed by atoms with Crippen LogP contribution in [0.2, 0.25) is 0 Å². The Kier molecular flexibility index (Phi) is 35.8. The number of rotatable bonds is 49. The summed E-state index contributed by atoms with van der Waals surface area (Å²) >= 11 is 28.8. The first-order valence-corrected chi connectivity index (χ1v) is 53.6. The van der Waals surface area contributed by atoms with E-state index < -0.39 is 217 Å². The molecule has 6 aliphatic heterocycles. The maximum atomic E-state index is 14.0. The Bertz CT molecular complexity index is 5620. The Hall–Kier alpha value is -5.20. The molecule has 0 radical (unpaired) electrons. The highest BCUT2D eigenvalue weighted by Crippen LogP contribution is 2.58. The quantitative estimate of drug-likeness (QED) is 0.0137. The van der Waals surface area contributed by atoms with Crippen LogP contribution in [-0.2, 0) is 176 Å². The molecule has 13 rings (SSSR count). The fourth-order valence-electron chi connectivity index (χ4n) is 15.1. The predicted octanol–water partition coefficient (Wildman–Crippen LogP) is -2.68. The number of methoxy groups -OCH3 is 6. The van der Waals surface area contributed by atoms with Crippen LogP contribution in [0.4, 0.5) is 23.4 Å². The molecule has 27 atom stereocenters. The summed E-state index contributed by atoms with van der Waals surface area (Å²) in [4.78, 5) is 150. The number of hydrogen-bond donors (Lipinski definition) is 14. The topological polar surface area (TPSA) is 701 Å². The summed E-state index contributed by atoms with van der Waals surface area (Å²) in [6.07, 6.45) is -23.3. The van der Waals surface area contributed by atoms with Gasteiger partial charge in [-0.1, -0.05) is 0 Å². The van der Waals surface area contributed by atoms with Crippen molar-refractivity contribution in [1.82, 2.24) is 73.0 Å². The highest BCUT2D eigenvalue weighted by atomic mass is 32.5. The lowest BCUT2D eigenvalue weighted by atomic mass is 10.1. The van der Waals surface area contributed by atoms with Crippen LogP contribution in [0.5, 0.6) is 0 Å². The number of hydrogen-bond acceptors (Lipinski definition) is 48. The molecule has 5 saturated heterocycles. The second-order valence-electron chi connectivity index (χ2n) is 30.1. The molecule has 55 nitrogen and oxygen atoms in total. The van der Waals surface area contributed by atoms with E-state index in [2.05, 4.69) is 55.5 Å². The van der Waals surface area contributed by atoms with Gasteiger partial charge in [0.05, 0.1) is 118 Å². The lowest BCUT2D eigenvalue weighted by molar-refractivity contribution is -0.0834. The molecule has 0 aliphatic carbocycles. The van der Waals surface area contributed by atoms with Gasteiger partial charge >= 0.3 is 38.3 Å².